The van der Waals surface area contributed by atoms with Gasteiger partial charge in [0.1, 0.15) is 0 Å². The van der Waals surface area contributed by atoms with Gasteiger partial charge in [0.2, 0.25) is 0 Å². The van der Waals surface area contributed by atoms with Crippen molar-refractivity contribution < 1.29 is 0 Å². The minimum atomic E-state index is -1.72. The zero-order valence-electron chi connectivity index (χ0n) is 1.71. The molecule has 0 heterocycles. The summed E-state index contributed by atoms with van der Waals surface area (Å²) in [6, 6.07) is 0. The smallest absolute Gasteiger partial charge is 0.311 e. The molecule has 0 aliphatic rings. The Morgan fingerprint density at radius 2 is 1.00 bits per heavy atom. The minimum absolute atomic E-state index is 1.72. The topological polar surface area (TPSA) is 0 Å². The minimum Gasteiger partial charge on any atom is -0.437 e. The van der Waals surface area contributed by atoms with E-state index in [1.807, 2.05) is 0 Å². The SMILES string of the molecule is [Cl][Al-]([Cl])[Cl]. The summed E-state index contributed by atoms with van der Waals surface area (Å²) in [7, 11) is 14.8. The fourth-order valence-electron chi connectivity index (χ4n) is 0. The molecule has 0 aromatic carbocycles. The monoisotopic (exact) mass is 132 g/mol. The van der Waals surface area contributed by atoms with Crippen molar-refractivity contribution in [2.45, 2.75) is 0 Å². The maximum absolute atomic E-state index is 4.94. The van der Waals surface area contributed by atoms with Crippen molar-refractivity contribution in [2.75, 3.05) is 0 Å². The van der Waals surface area contributed by atoms with Crippen LogP contribution in [-0.2, 0) is 0 Å². The maximum Gasteiger partial charge on any atom is 0.311 e. The molecule has 0 saturated heterocycles. The summed E-state index contributed by atoms with van der Waals surface area (Å²) >= 11 is -1.72. The van der Waals surface area contributed by atoms with Crippen molar-refractivity contribution in [2.24, 2.45) is 0 Å². The molecule has 4 heteroatoms. The van der Waals surface area contributed by atoms with Crippen molar-refractivity contribution in [3.05, 3.63) is 0 Å². The van der Waals surface area contributed by atoms with E-state index in [9.17, 15) is 0 Å². The molecule has 0 spiro atoms. The second kappa shape index (κ2) is 2.63. The molecule has 0 rings (SSSR count). The van der Waals surface area contributed by atoms with Crippen LogP contribution < -0.4 is 0 Å². The third-order valence-electron chi connectivity index (χ3n) is 0. The highest BCUT2D eigenvalue weighted by Gasteiger charge is 1.71. The van der Waals surface area contributed by atoms with Gasteiger partial charge in [-0.3, -0.25) is 0 Å². The molecular formula is AlCl3-. The van der Waals surface area contributed by atoms with Gasteiger partial charge in [-0.05, 0) is 0 Å². The summed E-state index contributed by atoms with van der Waals surface area (Å²) in [6.07, 6.45) is 0. The first kappa shape index (κ1) is 5.40. The first-order valence-electron chi connectivity index (χ1n) is 0.655. The van der Waals surface area contributed by atoms with Gasteiger partial charge in [-0.15, -0.1) is 0 Å². The van der Waals surface area contributed by atoms with Gasteiger partial charge in [0.05, 0.1) is 0 Å². The summed E-state index contributed by atoms with van der Waals surface area (Å²) in [6.45, 7) is 0. The quantitative estimate of drug-likeness (QED) is 0.441. The van der Waals surface area contributed by atoms with E-state index in [0.29, 0.717) is 0 Å². The van der Waals surface area contributed by atoms with Gasteiger partial charge in [0.15, 0.2) is 0 Å². The molecule has 0 aromatic heterocycles. The van der Waals surface area contributed by atoms with Gasteiger partial charge in [-0.1, -0.05) is 0 Å². The molecular weight excluding hydrogens is 133 g/mol. The molecule has 0 nitrogen and oxygen atoms in total. The van der Waals surface area contributed by atoms with Crippen LogP contribution in [-0.4, -0.2) is 11.4 Å². The second-order valence-electron chi connectivity index (χ2n) is 0.247. The molecule has 0 fully saturated rings. The lowest BCUT2D eigenvalue weighted by Gasteiger charge is -1.83. The van der Waals surface area contributed by atoms with E-state index in [1.165, 1.54) is 0 Å². The first-order valence-corrected chi connectivity index (χ1v) is 5.89. The van der Waals surface area contributed by atoms with Gasteiger partial charge in [0.25, 0.3) is 0 Å². The van der Waals surface area contributed by atoms with Crippen LogP contribution in [0.15, 0.2) is 0 Å². The lowest BCUT2D eigenvalue weighted by atomic mass is 26.6. The molecule has 0 amide bonds. The molecule has 0 aliphatic carbocycles. The second-order valence-corrected chi connectivity index (χ2v) is 6.68. The third-order valence-corrected chi connectivity index (χ3v) is 0. The molecule has 0 saturated carbocycles. The van der Waals surface area contributed by atoms with Gasteiger partial charge in [-0.25, -0.2) is 0 Å². The van der Waals surface area contributed by atoms with E-state index in [-0.39, 0.29) is 0 Å². The zero-order valence-corrected chi connectivity index (χ0v) is 5.13. The average molecular weight is 133 g/mol. The van der Waals surface area contributed by atoms with Crippen LogP contribution in [0.3, 0.4) is 0 Å². The van der Waals surface area contributed by atoms with E-state index >= 15 is 0 Å². The van der Waals surface area contributed by atoms with Crippen molar-refractivity contribution in [3.63, 3.8) is 0 Å². The predicted octanol–water partition coefficient (Wildman–Crippen LogP) is 1.69. The highest BCUT2D eigenvalue weighted by atomic mass is 35.8. The summed E-state index contributed by atoms with van der Waals surface area (Å²) in [5.74, 6) is 0. The molecule has 0 aliphatic heterocycles. The van der Waals surface area contributed by atoms with Crippen molar-refractivity contribution in [1.82, 2.24) is 0 Å². The Morgan fingerprint density at radius 1 is 1.00 bits per heavy atom. The van der Waals surface area contributed by atoms with Crippen LogP contribution in [0.25, 0.3) is 0 Å². The number of hydrogen-bond donors (Lipinski definition) is 0. The number of rotatable bonds is 0. The van der Waals surface area contributed by atoms with Gasteiger partial charge in [-0.2, -0.15) is 0 Å². The maximum atomic E-state index is 4.94. The predicted molar refractivity (Wildman–Crippen MR) is 23.3 cm³/mol. The Morgan fingerprint density at radius 3 is 1.00 bits per heavy atom. The summed E-state index contributed by atoms with van der Waals surface area (Å²) in [4.78, 5) is 0. The van der Waals surface area contributed by atoms with Crippen LogP contribution >= 0.6 is 30.1 Å². The Hall–Kier alpha value is 1.40. The normalized spacial score (nSPS) is 9.00. The van der Waals surface area contributed by atoms with Crippen LogP contribution in [0, 0.1) is 0 Å². The Kier molecular flexibility index (Phi) is 3.55. The van der Waals surface area contributed by atoms with E-state index in [2.05, 4.69) is 0 Å². The zero-order chi connectivity index (χ0) is 3.58. The summed E-state index contributed by atoms with van der Waals surface area (Å²) in [5.41, 5.74) is 0. The highest BCUT2D eigenvalue weighted by molar-refractivity contribution is 7.54. The van der Waals surface area contributed by atoms with E-state index < -0.39 is 11.4 Å². The molecule has 0 N–H and O–H groups in total. The number of halogens is 3. The van der Waals surface area contributed by atoms with Crippen molar-refractivity contribution in [3.8, 4) is 0 Å². The third kappa shape index (κ3) is 9.98. The molecule has 25 valence electrons. The van der Waals surface area contributed by atoms with Crippen LogP contribution in [0.2, 0.25) is 0 Å². The fraction of sp³-hybridized carbons (Fsp3) is 0. The van der Waals surface area contributed by atoms with Gasteiger partial charge < -0.3 is 30.1 Å². The standard InChI is InChI=1S/Al.3ClH/h;3*1H/q+2;;;/p-3. The molecule has 0 bridgehead atoms. The molecule has 1 radical (unpaired) electrons. The highest BCUT2D eigenvalue weighted by Crippen LogP contribution is 1.97. The lowest BCUT2D eigenvalue weighted by molar-refractivity contribution is 4.07. The Labute approximate surface area is 41.7 Å². The van der Waals surface area contributed by atoms with Gasteiger partial charge >= 0.3 is 11.4 Å². The van der Waals surface area contributed by atoms with E-state index in [1.54, 1.807) is 0 Å². The largest absolute Gasteiger partial charge is 0.437 e. The average Bonchev–Trinajstić information content (AvgIpc) is 0.811. The Bertz CT molecular complexity index is 8.00. The Balaban J connectivity index is 2.32. The molecule has 0 aromatic rings. The molecule has 4 heavy (non-hydrogen) atoms. The van der Waals surface area contributed by atoms with Crippen molar-refractivity contribution >= 4 is 41.5 Å². The van der Waals surface area contributed by atoms with Crippen LogP contribution in [0.5, 0.6) is 0 Å². The number of hydrogen-bond acceptors (Lipinski definition) is 0. The van der Waals surface area contributed by atoms with Gasteiger partial charge in [0, 0.05) is 0 Å². The lowest BCUT2D eigenvalue weighted by Crippen LogP contribution is -1.66. The molecule has 0 atom stereocenters. The van der Waals surface area contributed by atoms with E-state index in [4.69, 9.17) is 30.1 Å². The fourth-order valence-corrected chi connectivity index (χ4v) is 0. The van der Waals surface area contributed by atoms with E-state index in [0.717, 1.165) is 0 Å². The summed E-state index contributed by atoms with van der Waals surface area (Å²) in [5, 5.41) is 0. The van der Waals surface area contributed by atoms with Crippen LogP contribution in [0.1, 0.15) is 0 Å². The molecule has 0 unspecified atom stereocenters. The first-order chi connectivity index (χ1) is 1.73. The van der Waals surface area contributed by atoms with Crippen molar-refractivity contribution in [1.29, 1.82) is 0 Å². The van der Waals surface area contributed by atoms with Crippen LogP contribution in [0.4, 0.5) is 0 Å². The summed E-state index contributed by atoms with van der Waals surface area (Å²) < 4.78 is 0.